The van der Waals surface area contributed by atoms with Crippen molar-refractivity contribution < 1.29 is 13.6 Å². The van der Waals surface area contributed by atoms with Crippen LogP contribution in [0.5, 0.6) is 0 Å². The van der Waals surface area contributed by atoms with E-state index in [2.05, 4.69) is 5.32 Å². The fraction of sp³-hybridized carbons (Fsp3) is 0.462. The van der Waals surface area contributed by atoms with Gasteiger partial charge in [-0.1, -0.05) is 0 Å². The van der Waals surface area contributed by atoms with E-state index in [-0.39, 0.29) is 11.5 Å². The van der Waals surface area contributed by atoms with Crippen LogP contribution in [-0.4, -0.2) is 37.5 Å². The number of nitrogens with one attached hydrogen (secondary N) is 1. The summed E-state index contributed by atoms with van der Waals surface area (Å²) in [5.41, 5.74) is 0.0811. The minimum absolute atomic E-state index is 0.0811. The molecule has 0 saturated carbocycles. The zero-order chi connectivity index (χ0) is 13.1. The van der Waals surface area contributed by atoms with Crippen molar-refractivity contribution in [2.24, 2.45) is 5.92 Å². The first-order valence-corrected chi connectivity index (χ1v) is 6.00. The van der Waals surface area contributed by atoms with Gasteiger partial charge < -0.3 is 10.2 Å². The second-order valence-electron chi connectivity index (χ2n) is 4.62. The third-order valence-corrected chi connectivity index (χ3v) is 3.18. The van der Waals surface area contributed by atoms with Crippen molar-refractivity contribution in [2.75, 3.05) is 26.7 Å². The number of likely N-dealkylation sites (tertiary alicyclic amines) is 1. The molecule has 1 aromatic carbocycles. The van der Waals surface area contributed by atoms with Gasteiger partial charge in [0.05, 0.1) is 0 Å². The molecule has 18 heavy (non-hydrogen) atoms. The second-order valence-corrected chi connectivity index (χ2v) is 4.62. The number of hydrogen-bond donors (Lipinski definition) is 1. The number of rotatable bonds is 3. The Balaban J connectivity index is 2.08. The van der Waals surface area contributed by atoms with Crippen LogP contribution in [0.15, 0.2) is 18.2 Å². The van der Waals surface area contributed by atoms with Crippen LogP contribution in [0, 0.1) is 17.6 Å². The quantitative estimate of drug-likeness (QED) is 0.889. The molecule has 0 unspecified atom stereocenters. The maximum atomic E-state index is 13.1. The molecule has 1 amide bonds. The molecule has 1 aliphatic heterocycles. The predicted molar refractivity (Wildman–Crippen MR) is 64.3 cm³/mol. The van der Waals surface area contributed by atoms with Gasteiger partial charge in [-0.05, 0) is 38.1 Å². The monoisotopic (exact) mass is 254 g/mol. The third kappa shape index (κ3) is 2.85. The number of carbonyl (C=O) groups is 1. The third-order valence-electron chi connectivity index (χ3n) is 3.18. The van der Waals surface area contributed by atoms with Gasteiger partial charge in [0.2, 0.25) is 0 Å². The number of halogens is 2. The Morgan fingerprint density at radius 3 is 2.67 bits per heavy atom. The number of carbonyl (C=O) groups excluding carboxylic acids is 1. The molecule has 3 nitrogen and oxygen atoms in total. The van der Waals surface area contributed by atoms with Crippen LogP contribution in [0.25, 0.3) is 0 Å². The van der Waals surface area contributed by atoms with E-state index in [1.54, 1.807) is 4.90 Å². The predicted octanol–water partition coefficient (Wildman–Crippen LogP) is 1.65. The lowest BCUT2D eigenvalue weighted by Crippen LogP contribution is -2.30. The Kier molecular flexibility index (Phi) is 3.91. The average Bonchev–Trinajstić information content (AvgIpc) is 2.76. The molecule has 1 heterocycles. The topological polar surface area (TPSA) is 32.3 Å². The van der Waals surface area contributed by atoms with Crippen molar-refractivity contribution in [3.05, 3.63) is 35.4 Å². The molecule has 0 radical (unpaired) electrons. The summed E-state index contributed by atoms with van der Waals surface area (Å²) in [6.07, 6.45) is 0.921. The molecule has 0 aromatic heterocycles. The molecule has 2 rings (SSSR count). The largest absolute Gasteiger partial charge is 0.338 e. The molecular weight excluding hydrogens is 238 g/mol. The first-order valence-electron chi connectivity index (χ1n) is 6.00. The van der Waals surface area contributed by atoms with E-state index in [0.29, 0.717) is 19.0 Å². The summed E-state index contributed by atoms with van der Waals surface area (Å²) >= 11 is 0. The summed E-state index contributed by atoms with van der Waals surface area (Å²) in [6, 6.07) is 2.93. The van der Waals surface area contributed by atoms with E-state index >= 15 is 0 Å². The maximum absolute atomic E-state index is 13.1. The fourth-order valence-electron chi connectivity index (χ4n) is 2.33. The summed E-state index contributed by atoms with van der Waals surface area (Å²) in [5, 5.41) is 3.07. The lowest BCUT2D eigenvalue weighted by molar-refractivity contribution is 0.0786. The van der Waals surface area contributed by atoms with E-state index in [1.807, 2.05) is 7.05 Å². The van der Waals surface area contributed by atoms with Gasteiger partial charge in [0.15, 0.2) is 0 Å². The first kappa shape index (κ1) is 13.0. The summed E-state index contributed by atoms with van der Waals surface area (Å²) in [4.78, 5) is 13.7. The van der Waals surface area contributed by atoms with Gasteiger partial charge in [-0.25, -0.2) is 8.78 Å². The smallest absolute Gasteiger partial charge is 0.254 e. The van der Waals surface area contributed by atoms with E-state index < -0.39 is 11.6 Å². The average molecular weight is 254 g/mol. The Bertz CT molecular complexity index is 430. The Morgan fingerprint density at radius 2 is 2.06 bits per heavy atom. The zero-order valence-corrected chi connectivity index (χ0v) is 10.2. The number of hydrogen-bond acceptors (Lipinski definition) is 2. The van der Waals surface area contributed by atoms with Crippen LogP contribution in [0.2, 0.25) is 0 Å². The van der Waals surface area contributed by atoms with Crippen molar-refractivity contribution in [2.45, 2.75) is 6.42 Å². The van der Waals surface area contributed by atoms with Crippen molar-refractivity contribution in [3.8, 4) is 0 Å². The molecule has 1 aromatic rings. The summed E-state index contributed by atoms with van der Waals surface area (Å²) < 4.78 is 26.1. The summed E-state index contributed by atoms with van der Waals surface area (Å²) in [6.45, 7) is 2.13. The van der Waals surface area contributed by atoms with Gasteiger partial charge in [-0.15, -0.1) is 0 Å². The summed E-state index contributed by atoms with van der Waals surface area (Å²) in [5.74, 6) is -1.32. The minimum Gasteiger partial charge on any atom is -0.338 e. The Hall–Kier alpha value is -1.49. The normalized spacial score (nSPS) is 19.3. The molecule has 0 bridgehead atoms. The molecule has 0 spiro atoms. The second kappa shape index (κ2) is 5.44. The molecule has 5 heteroatoms. The highest BCUT2D eigenvalue weighted by Crippen LogP contribution is 2.19. The molecule has 1 saturated heterocycles. The van der Waals surface area contributed by atoms with Crippen molar-refractivity contribution in [1.82, 2.24) is 10.2 Å². The zero-order valence-electron chi connectivity index (χ0n) is 10.2. The molecule has 0 aliphatic carbocycles. The van der Waals surface area contributed by atoms with Gasteiger partial charge in [-0.3, -0.25) is 4.79 Å². The number of amides is 1. The van der Waals surface area contributed by atoms with E-state index in [0.717, 1.165) is 31.2 Å². The SMILES string of the molecule is CNC[C@@H]1CCN(C(=O)c2cc(F)cc(F)c2)C1. The van der Waals surface area contributed by atoms with Crippen LogP contribution in [0.1, 0.15) is 16.8 Å². The lowest BCUT2D eigenvalue weighted by atomic mass is 10.1. The molecule has 98 valence electrons. The van der Waals surface area contributed by atoms with E-state index in [9.17, 15) is 13.6 Å². The van der Waals surface area contributed by atoms with Crippen molar-refractivity contribution in [1.29, 1.82) is 0 Å². The number of nitrogens with zero attached hydrogens (tertiary/aromatic N) is 1. The highest BCUT2D eigenvalue weighted by Gasteiger charge is 2.26. The van der Waals surface area contributed by atoms with Gasteiger partial charge in [0.1, 0.15) is 11.6 Å². The molecule has 1 atom stereocenters. The van der Waals surface area contributed by atoms with Gasteiger partial charge in [0, 0.05) is 24.7 Å². The maximum Gasteiger partial charge on any atom is 0.254 e. The summed E-state index contributed by atoms with van der Waals surface area (Å²) in [7, 11) is 1.87. The van der Waals surface area contributed by atoms with Crippen LogP contribution >= 0.6 is 0 Å². The van der Waals surface area contributed by atoms with Gasteiger partial charge in [0.25, 0.3) is 5.91 Å². The molecule has 1 fully saturated rings. The van der Waals surface area contributed by atoms with E-state index in [4.69, 9.17) is 0 Å². The molecule has 1 N–H and O–H groups in total. The molecule has 1 aliphatic rings. The first-order chi connectivity index (χ1) is 8.60. The van der Waals surface area contributed by atoms with Crippen LogP contribution in [0.4, 0.5) is 8.78 Å². The lowest BCUT2D eigenvalue weighted by Gasteiger charge is -2.16. The highest BCUT2D eigenvalue weighted by molar-refractivity contribution is 5.94. The standard InChI is InChI=1S/C13H16F2N2O/c1-16-7-9-2-3-17(8-9)13(18)10-4-11(14)6-12(15)5-10/h4-6,9,16H,2-3,7-8H2,1H3/t9-/m0/s1. The highest BCUT2D eigenvalue weighted by atomic mass is 19.1. The number of benzene rings is 1. The van der Waals surface area contributed by atoms with E-state index in [1.165, 1.54) is 0 Å². The minimum atomic E-state index is -0.718. The fourth-order valence-corrected chi connectivity index (χ4v) is 2.33. The Morgan fingerprint density at radius 1 is 1.39 bits per heavy atom. The van der Waals surface area contributed by atoms with Gasteiger partial charge >= 0.3 is 0 Å². The van der Waals surface area contributed by atoms with Crippen LogP contribution < -0.4 is 5.32 Å². The van der Waals surface area contributed by atoms with Crippen molar-refractivity contribution in [3.63, 3.8) is 0 Å². The molecular formula is C13H16F2N2O. The van der Waals surface area contributed by atoms with Crippen LogP contribution in [-0.2, 0) is 0 Å². The van der Waals surface area contributed by atoms with Crippen molar-refractivity contribution >= 4 is 5.91 Å². The van der Waals surface area contributed by atoms with Crippen LogP contribution in [0.3, 0.4) is 0 Å². The Labute approximate surface area is 105 Å². The van der Waals surface area contributed by atoms with Gasteiger partial charge in [-0.2, -0.15) is 0 Å².